The summed E-state index contributed by atoms with van der Waals surface area (Å²) in [5.41, 5.74) is 5.66. The van der Waals surface area contributed by atoms with Crippen LogP contribution in [-0.4, -0.2) is 18.5 Å². The van der Waals surface area contributed by atoms with Crippen LogP contribution in [0.4, 0.5) is 0 Å². The zero-order valence-corrected chi connectivity index (χ0v) is 7.92. The Bertz CT molecular complexity index is 209. The van der Waals surface area contributed by atoms with Crippen molar-refractivity contribution in [2.75, 3.05) is 6.54 Å². The van der Waals surface area contributed by atoms with Crippen molar-refractivity contribution in [1.29, 1.82) is 0 Å². The highest BCUT2D eigenvalue weighted by Crippen LogP contribution is 2.17. The van der Waals surface area contributed by atoms with Crippen molar-refractivity contribution in [2.24, 2.45) is 10.7 Å². The van der Waals surface area contributed by atoms with E-state index in [9.17, 15) is 0 Å². The molecule has 13 heavy (non-hydrogen) atoms. The Labute approximate surface area is 79.8 Å². The molecule has 3 nitrogen and oxygen atoms in total. The van der Waals surface area contributed by atoms with Crippen LogP contribution in [0.3, 0.4) is 0 Å². The first kappa shape index (κ1) is 9.91. The molecule has 1 aliphatic rings. The molecule has 0 saturated heterocycles. The van der Waals surface area contributed by atoms with Crippen LogP contribution in [0.5, 0.6) is 0 Å². The summed E-state index contributed by atoms with van der Waals surface area (Å²) in [6.07, 6.45) is 10.8. The van der Waals surface area contributed by atoms with E-state index in [0.29, 0.717) is 25.0 Å². The van der Waals surface area contributed by atoms with Gasteiger partial charge in [-0.25, -0.2) is 0 Å². The normalized spacial score (nSPS) is 18.5. The molecule has 0 unspecified atom stereocenters. The van der Waals surface area contributed by atoms with Crippen molar-refractivity contribution in [3.8, 4) is 12.3 Å². The van der Waals surface area contributed by atoms with Gasteiger partial charge in [0.1, 0.15) is 0 Å². The van der Waals surface area contributed by atoms with E-state index in [1.165, 1.54) is 25.7 Å². The second-order valence-corrected chi connectivity index (χ2v) is 3.35. The third-order valence-electron chi connectivity index (χ3n) is 2.25. The Morgan fingerprint density at radius 2 is 2.23 bits per heavy atom. The molecule has 0 amide bonds. The maximum atomic E-state index is 5.66. The lowest BCUT2D eigenvalue weighted by molar-refractivity contribution is 0.625. The molecule has 0 spiro atoms. The molecule has 72 valence electrons. The second kappa shape index (κ2) is 5.47. The van der Waals surface area contributed by atoms with E-state index in [1.807, 2.05) is 0 Å². The highest BCUT2D eigenvalue weighted by Gasteiger charge is 2.14. The molecule has 0 atom stereocenters. The summed E-state index contributed by atoms with van der Waals surface area (Å²) >= 11 is 0. The number of terminal acetylenes is 1. The van der Waals surface area contributed by atoms with Crippen molar-refractivity contribution in [3.63, 3.8) is 0 Å². The van der Waals surface area contributed by atoms with Gasteiger partial charge in [0.15, 0.2) is 5.96 Å². The number of nitrogens with zero attached hydrogens (tertiary/aromatic N) is 1. The van der Waals surface area contributed by atoms with Crippen molar-refractivity contribution in [3.05, 3.63) is 0 Å². The Balaban J connectivity index is 2.19. The molecule has 0 aromatic carbocycles. The van der Waals surface area contributed by atoms with Crippen LogP contribution in [-0.2, 0) is 0 Å². The van der Waals surface area contributed by atoms with Crippen LogP contribution in [0, 0.1) is 12.3 Å². The summed E-state index contributed by atoms with van der Waals surface area (Å²) in [4.78, 5) is 4.12. The van der Waals surface area contributed by atoms with Crippen molar-refractivity contribution in [1.82, 2.24) is 5.32 Å². The largest absolute Gasteiger partial charge is 0.370 e. The number of rotatable bonds is 3. The second-order valence-electron chi connectivity index (χ2n) is 3.35. The number of guanidine groups is 1. The minimum Gasteiger partial charge on any atom is -0.370 e. The first-order valence-electron chi connectivity index (χ1n) is 4.83. The molecule has 0 aromatic heterocycles. The summed E-state index contributed by atoms with van der Waals surface area (Å²) in [5.74, 6) is 3.07. The van der Waals surface area contributed by atoms with Gasteiger partial charge in [-0.1, -0.05) is 12.8 Å². The molecule has 0 heterocycles. The van der Waals surface area contributed by atoms with Crippen LogP contribution < -0.4 is 11.1 Å². The monoisotopic (exact) mass is 179 g/mol. The highest BCUT2D eigenvalue weighted by molar-refractivity contribution is 5.78. The highest BCUT2D eigenvalue weighted by atomic mass is 15.1. The zero-order valence-electron chi connectivity index (χ0n) is 7.92. The first-order valence-corrected chi connectivity index (χ1v) is 4.83. The fourth-order valence-corrected chi connectivity index (χ4v) is 1.57. The average Bonchev–Trinajstić information content (AvgIpc) is 2.57. The molecule has 1 saturated carbocycles. The van der Waals surface area contributed by atoms with E-state index in [-0.39, 0.29) is 0 Å². The quantitative estimate of drug-likeness (QED) is 0.292. The van der Waals surface area contributed by atoms with Crippen LogP contribution in [0.25, 0.3) is 0 Å². The van der Waals surface area contributed by atoms with Gasteiger partial charge in [-0.2, -0.15) is 0 Å². The van der Waals surface area contributed by atoms with Gasteiger partial charge in [0, 0.05) is 12.5 Å². The number of nitrogens with one attached hydrogen (secondary N) is 1. The van der Waals surface area contributed by atoms with Gasteiger partial charge in [-0.05, 0) is 12.8 Å². The number of nitrogens with two attached hydrogens (primary N) is 1. The number of aliphatic imine (C=N–C) groups is 1. The van der Waals surface area contributed by atoms with E-state index in [1.54, 1.807) is 0 Å². The maximum absolute atomic E-state index is 5.66. The first-order chi connectivity index (χ1) is 6.33. The van der Waals surface area contributed by atoms with E-state index in [2.05, 4.69) is 16.2 Å². The fraction of sp³-hybridized carbons (Fsp3) is 0.700. The zero-order chi connectivity index (χ0) is 9.52. The summed E-state index contributed by atoms with van der Waals surface area (Å²) in [5, 5.41) is 3.20. The topological polar surface area (TPSA) is 50.4 Å². The van der Waals surface area contributed by atoms with E-state index < -0.39 is 0 Å². The summed E-state index contributed by atoms with van der Waals surface area (Å²) < 4.78 is 0. The molecule has 0 radical (unpaired) electrons. The van der Waals surface area contributed by atoms with Gasteiger partial charge in [-0.3, -0.25) is 4.99 Å². The molecule has 0 aliphatic heterocycles. The smallest absolute Gasteiger partial charge is 0.188 e. The predicted octanol–water partition coefficient (Wildman–Crippen LogP) is 0.857. The van der Waals surface area contributed by atoms with Gasteiger partial charge in [0.05, 0.1) is 6.54 Å². The molecule has 0 aromatic rings. The fourth-order valence-electron chi connectivity index (χ4n) is 1.57. The van der Waals surface area contributed by atoms with Crippen molar-refractivity contribution < 1.29 is 0 Å². The van der Waals surface area contributed by atoms with Gasteiger partial charge < -0.3 is 11.1 Å². The average molecular weight is 179 g/mol. The van der Waals surface area contributed by atoms with Gasteiger partial charge in [0.25, 0.3) is 0 Å². The van der Waals surface area contributed by atoms with Gasteiger partial charge >= 0.3 is 0 Å². The molecule has 1 rings (SSSR count). The summed E-state index contributed by atoms with van der Waals surface area (Å²) in [7, 11) is 0. The lowest BCUT2D eigenvalue weighted by Crippen LogP contribution is -2.38. The Kier molecular flexibility index (Phi) is 4.17. The minimum atomic E-state index is 0.537. The van der Waals surface area contributed by atoms with Crippen LogP contribution in [0.15, 0.2) is 4.99 Å². The third kappa shape index (κ3) is 3.84. The van der Waals surface area contributed by atoms with Crippen LogP contribution in [0.2, 0.25) is 0 Å². The molecular weight excluding hydrogens is 162 g/mol. The molecule has 0 bridgehead atoms. The molecule has 3 heteroatoms. The Morgan fingerprint density at radius 1 is 1.54 bits per heavy atom. The van der Waals surface area contributed by atoms with Crippen LogP contribution >= 0.6 is 0 Å². The summed E-state index contributed by atoms with van der Waals surface area (Å²) in [6.45, 7) is 0.627. The molecule has 1 aliphatic carbocycles. The minimum absolute atomic E-state index is 0.537. The van der Waals surface area contributed by atoms with E-state index >= 15 is 0 Å². The van der Waals surface area contributed by atoms with Gasteiger partial charge in [-0.15, -0.1) is 12.3 Å². The lowest BCUT2D eigenvalue weighted by Gasteiger charge is -2.11. The number of hydrogen-bond acceptors (Lipinski definition) is 1. The van der Waals surface area contributed by atoms with Crippen molar-refractivity contribution in [2.45, 2.75) is 38.1 Å². The third-order valence-corrected chi connectivity index (χ3v) is 2.25. The summed E-state index contributed by atoms with van der Waals surface area (Å²) in [6, 6.07) is 0.537. The Hall–Kier alpha value is -1.17. The maximum Gasteiger partial charge on any atom is 0.188 e. The standard InChI is InChI=1S/C10H17N3/c1-2-3-8-12-10(11)13-9-6-4-5-7-9/h1,9H,3-8H2,(H3,11,12,13). The van der Waals surface area contributed by atoms with Gasteiger partial charge in [0.2, 0.25) is 0 Å². The Morgan fingerprint density at radius 3 is 2.85 bits per heavy atom. The predicted molar refractivity (Wildman–Crippen MR) is 55.3 cm³/mol. The molecule has 1 fully saturated rings. The van der Waals surface area contributed by atoms with Crippen molar-refractivity contribution >= 4 is 5.96 Å². The molecular formula is C10H17N3. The van der Waals surface area contributed by atoms with Crippen LogP contribution in [0.1, 0.15) is 32.1 Å². The number of hydrogen-bond donors (Lipinski definition) is 2. The molecule has 3 N–H and O–H groups in total. The lowest BCUT2D eigenvalue weighted by atomic mass is 10.2. The van der Waals surface area contributed by atoms with E-state index in [0.717, 1.165) is 0 Å². The van der Waals surface area contributed by atoms with E-state index in [4.69, 9.17) is 12.2 Å². The SMILES string of the molecule is C#CCCN=C(N)NC1CCCC1.